The van der Waals surface area contributed by atoms with Gasteiger partial charge < -0.3 is 9.72 Å². The van der Waals surface area contributed by atoms with Crippen LogP contribution in [0.25, 0.3) is 0 Å². The number of aromatic amines is 1. The largest absolute Gasteiger partial charge is 0.453 e. The number of esters is 1. The Bertz CT molecular complexity index is 645. The van der Waals surface area contributed by atoms with Crippen LogP contribution in [0.5, 0.6) is 0 Å². The third kappa shape index (κ3) is 2.93. The van der Waals surface area contributed by atoms with Crippen molar-refractivity contribution in [2.75, 3.05) is 6.61 Å². The zero-order chi connectivity index (χ0) is 14.7. The first-order valence-corrected chi connectivity index (χ1v) is 6.98. The molecule has 0 spiro atoms. The second kappa shape index (κ2) is 5.96. The first-order chi connectivity index (χ1) is 9.52. The van der Waals surface area contributed by atoms with Gasteiger partial charge in [-0.05, 0) is 37.9 Å². The third-order valence-electron chi connectivity index (χ3n) is 2.86. The van der Waals surface area contributed by atoms with Gasteiger partial charge >= 0.3 is 5.97 Å². The highest BCUT2D eigenvalue weighted by molar-refractivity contribution is 7.07. The monoisotopic (exact) mass is 293 g/mol. The van der Waals surface area contributed by atoms with Gasteiger partial charge in [-0.3, -0.25) is 4.79 Å². The van der Waals surface area contributed by atoms with Gasteiger partial charge in [0.2, 0.25) is 5.78 Å². The van der Waals surface area contributed by atoms with E-state index in [1.54, 1.807) is 6.07 Å². The number of H-pyrrole nitrogens is 1. The smallest absolute Gasteiger partial charge is 0.352 e. The summed E-state index contributed by atoms with van der Waals surface area (Å²) in [6.45, 7) is 5.28. The molecule has 0 aliphatic rings. The molecule has 2 aromatic heterocycles. The van der Waals surface area contributed by atoms with Crippen molar-refractivity contribution in [1.82, 2.24) is 14.6 Å². The molecule has 2 heterocycles. The summed E-state index contributed by atoms with van der Waals surface area (Å²) in [5.74, 6) is -0.772. The van der Waals surface area contributed by atoms with E-state index >= 15 is 0 Å². The zero-order valence-electron chi connectivity index (χ0n) is 11.5. The lowest BCUT2D eigenvalue weighted by atomic mass is 10.1. The number of nitrogens with zero attached hydrogens (tertiary/aromatic N) is 2. The van der Waals surface area contributed by atoms with Crippen molar-refractivity contribution in [1.29, 1.82) is 0 Å². The summed E-state index contributed by atoms with van der Waals surface area (Å²) >= 11 is 0.984. The Labute approximate surface area is 120 Å². The maximum absolute atomic E-state index is 12.0. The average Bonchev–Trinajstić information content (AvgIpc) is 3.01. The average molecular weight is 293 g/mol. The van der Waals surface area contributed by atoms with E-state index in [1.807, 2.05) is 20.8 Å². The number of rotatable bonds is 5. The normalized spacial score (nSPS) is 10.6. The quantitative estimate of drug-likeness (QED) is 0.674. The van der Waals surface area contributed by atoms with E-state index in [9.17, 15) is 9.59 Å². The fourth-order valence-electron chi connectivity index (χ4n) is 1.88. The Kier molecular flexibility index (Phi) is 4.29. The Morgan fingerprint density at radius 1 is 1.40 bits per heavy atom. The standard InChI is InChI=1S/C13H15N3O3S/c1-4-10-12(20-16-15-10)13(18)19-6-11(17)9-5-7(2)14-8(9)3/h5,14H,4,6H2,1-3H3. The summed E-state index contributed by atoms with van der Waals surface area (Å²) in [6.07, 6.45) is 0.602. The summed E-state index contributed by atoms with van der Waals surface area (Å²) in [4.78, 5) is 27.2. The van der Waals surface area contributed by atoms with Gasteiger partial charge in [0.15, 0.2) is 11.5 Å². The van der Waals surface area contributed by atoms with Crippen LogP contribution in [0.15, 0.2) is 6.07 Å². The van der Waals surface area contributed by atoms with Gasteiger partial charge in [-0.2, -0.15) is 0 Å². The molecule has 0 bridgehead atoms. The molecule has 0 unspecified atom stereocenters. The SMILES string of the molecule is CCc1nnsc1C(=O)OCC(=O)c1cc(C)[nH]c1C. The molecule has 0 saturated carbocycles. The van der Waals surface area contributed by atoms with E-state index < -0.39 is 5.97 Å². The van der Waals surface area contributed by atoms with Crippen molar-refractivity contribution < 1.29 is 14.3 Å². The lowest BCUT2D eigenvalue weighted by molar-refractivity contribution is 0.0478. The molecule has 0 aromatic carbocycles. The number of hydrogen-bond donors (Lipinski definition) is 1. The lowest BCUT2D eigenvalue weighted by Crippen LogP contribution is -2.14. The first-order valence-electron chi connectivity index (χ1n) is 6.20. The van der Waals surface area contributed by atoms with E-state index in [2.05, 4.69) is 14.6 Å². The number of carbonyl (C=O) groups excluding carboxylic acids is 2. The number of ketones is 1. The highest BCUT2D eigenvalue weighted by Crippen LogP contribution is 2.14. The highest BCUT2D eigenvalue weighted by Gasteiger charge is 2.19. The Morgan fingerprint density at radius 3 is 2.75 bits per heavy atom. The first kappa shape index (κ1) is 14.4. The minimum Gasteiger partial charge on any atom is -0.453 e. The zero-order valence-corrected chi connectivity index (χ0v) is 12.3. The van der Waals surface area contributed by atoms with E-state index in [-0.39, 0.29) is 12.4 Å². The van der Waals surface area contributed by atoms with Crippen molar-refractivity contribution in [3.05, 3.63) is 33.6 Å². The maximum Gasteiger partial charge on any atom is 0.352 e. The van der Waals surface area contributed by atoms with Crippen LogP contribution in [-0.4, -0.2) is 32.9 Å². The molecule has 0 saturated heterocycles. The minimum absolute atomic E-state index is 0.226. The lowest BCUT2D eigenvalue weighted by Gasteiger charge is -2.03. The molecule has 1 N–H and O–H groups in total. The molecule has 0 radical (unpaired) electrons. The Morgan fingerprint density at radius 2 is 2.15 bits per heavy atom. The molecular weight excluding hydrogens is 278 g/mol. The number of Topliss-reactive ketones (excluding diaryl/α,β-unsaturated/α-hetero) is 1. The number of aromatic nitrogens is 3. The van der Waals surface area contributed by atoms with Crippen LogP contribution in [0.2, 0.25) is 0 Å². The van der Waals surface area contributed by atoms with E-state index in [1.165, 1.54) is 0 Å². The minimum atomic E-state index is -0.546. The van der Waals surface area contributed by atoms with Crippen LogP contribution in [0.1, 0.15) is 44.0 Å². The number of hydrogen-bond acceptors (Lipinski definition) is 6. The van der Waals surface area contributed by atoms with Crippen LogP contribution < -0.4 is 0 Å². The topological polar surface area (TPSA) is 84.9 Å². The molecule has 0 amide bonds. The molecule has 20 heavy (non-hydrogen) atoms. The summed E-state index contributed by atoms with van der Waals surface area (Å²) < 4.78 is 8.76. The van der Waals surface area contributed by atoms with Gasteiger partial charge in [0.1, 0.15) is 0 Å². The second-order valence-electron chi connectivity index (χ2n) is 4.39. The molecule has 0 fully saturated rings. The van der Waals surface area contributed by atoms with Crippen molar-refractivity contribution in [2.24, 2.45) is 0 Å². The molecular formula is C13H15N3O3S. The molecule has 2 aromatic rings. The van der Waals surface area contributed by atoms with Crippen LogP contribution >= 0.6 is 11.5 Å². The van der Waals surface area contributed by atoms with Crippen molar-refractivity contribution in [3.8, 4) is 0 Å². The number of nitrogens with one attached hydrogen (secondary N) is 1. The van der Waals surface area contributed by atoms with Gasteiger partial charge in [-0.1, -0.05) is 11.4 Å². The molecule has 7 heteroatoms. The number of carbonyl (C=O) groups is 2. The molecule has 0 aliphatic heterocycles. The molecule has 0 aliphatic carbocycles. The number of aryl methyl sites for hydroxylation is 3. The fraction of sp³-hybridized carbons (Fsp3) is 0.385. The van der Waals surface area contributed by atoms with E-state index in [4.69, 9.17) is 4.74 Å². The van der Waals surface area contributed by atoms with Gasteiger partial charge in [-0.25, -0.2) is 4.79 Å². The van der Waals surface area contributed by atoms with Crippen molar-refractivity contribution >= 4 is 23.3 Å². The Balaban J connectivity index is 2.00. The van der Waals surface area contributed by atoms with Crippen molar-refractivity contribution in [3.63, 3.8) is 0 Å². The highest BCUT2D eigenvalue weighted by atomic mass is 32.1. The van der Waals surface area contributed by atoms with E-state index in [0.717, 1.165) is 22.9 Å². The van der Waals surface area contributed by atoms with Gasteiger partial charge in [-0.15, -0.1) is 5.10 Å². The molecule has 6 nitrogen and oxygen atoms in total. The van der Waals surface area contributed by atoms with Gasteiger partial charge in [0.25, 0.3) is 0 Å². The van der Waals surface area contributed by atoms with E-state index in [0.29, 0.717) is 22.6 Å². The summed E-state index contributed by atoms with van der Waals surface area (Å²) in [6, 6.07) is 1.75. The summed E-state index contributed by atoms with van der Waals surface area (Å²) in [5.41, 5.74) is 2.82. The summed E-state index contributed by atoms with van der Waals surface area (Å²) in [5, 5.41) is 3.84. The molecule has 0 atom stereocenters. The van der Waals surface area contributed by atoms with Gasteiger partial charge in [0.05, 0.1) is 5.69 Å². The van der Waals surface area contributed by atoms with Crippen LogP contribution in [-0.2, 0) is 11.2 Å². The van der Waals surface area contributed by atoms with Gasteiger partial charge in [0, 0.05) is 17.0 Å². The number of ether oxygens (including phenoxy) is 1. The molecule has 2 rings (SSSR count). The fourth-order valence-corrected chi connectivity index (χ4v) is 2.53. The van der Waals surface area contributed by atoms with Crippen molar-refractivity contribution in [2.45, 2.75) is 27.2 Å². The van der Waals surface area contributed by atoms with Crippen LogP contribution in [0.3, 0.4) is 0 Å². The summed E-state index contributed by atoms with van der Waals surface area (Å²) in [7, 11) is 0. The van der Waals surface area contributed by atoms with Crippen LogP contribution in [0.4, 0.5) is 0 Å². The van der Waals surface area contributed by atoms with Crippen LogP contribution in [0, 0.1) is 13.8 Å². The maximum atomic E-state index is 12.0. The third-order valence-corrected chi connectivity index (χ3v) is 3.61. The predicted octanol–water partition coefficient (Wildman–Crippen LogP) is 2.09. The predicted molar refractivity (Wildman–Crippen MR) is 74.2 cm³/mol. The molecule has 106 valence electrons. The Hall–Kier alpha value is -2.02. The second-order valence-corrected chi connectivity index (χ2v) is 5.15.